The van der Waals surface area contributed by atoms with E-state index in [1.165, 1.54) is 0 Å². The first-order valence-electron chi connectivity index (χ1n) is 3.59. The van der Waals surface area contributed by atoms with Crippen molar-refractivity contribution >= 4 is 0 Å². The van der Waals surface area contributed by atoms with Gasteiger partial charge in [-0.2, -0.15) is 4.68 Å². The third-order valence-corrected chi connectivity index (χ3v) is 1.56. The Labute approximate surface area is 69.8 Å². The summed E-state index contributed by atoms with van der Waals surface area (Å²) < 4.78 is 1.66. The van der Waals surface area contributed by atoms with Crippen LogP contribution in [0.5, 0.6) is 0 Å². The second-order valence-corrected chi connectivity index (χ2v) is 2.40. The normalized spacial score (nSPS) is 10.1. The van der Waals surface area contributed by atoms with Gasteiger partial charge in [-0.3, -0.25) is 0 Å². The Morgan fingerprint density at radius 2 is 2.42 bits per heavy atom. The molecule has 0 saturated heterocycles. The van der Waals surface area contributed by atoms with Crippen LogP contribution in [-0.4, -0.2) is 20.2 Å². The smallest absolute Gasteiger partial charge is 0.153 e. The van der Waals surface area contributed by atoms with Gasteiger partial charge in [0.2, 0.25) is 0 Å². The van der Waals surface area contributed by atoms with Crippen LogP contribution >= 0.6 is 0 Å². The lowest BCUT2D eigenvalue weighted by atomic mass is 10.3. The van der Waals surface area contributed by atoms with Gasteiger partial charge in [0.1, 0.15) is 0 Å². The topological polar surface area (TPSA) is 43.6 Å². The highest BCUT2D eigenvalue weighted by atomic mass is 15.5. The summed E-state index contributed by atoms with van der Waals surface area (Å²) in [6.07, 6.45) is 0. The molecule has 1 aromatic carbocycles. The van der Waals surface area contributed by atoms with Gasteiger partial charge >= 0.3 is 0 Å². The molecule has 1 radical (unpaired) electrons. The average Bonchev–Trinajstić information content (AvgIpc) is 2.53. The molecule has 0 unspecified atom stereocenters. The first kappa shape index (κ1) is 6.97. The molecule has 2 aromatic rings. The first-order valence-corrected chi connectivity index (χ1v) is 3.59. The van der Waals surface area contributed by atoms with Crippen molar-refractivity contribution in [2.24, 2.45) is 0 Å². The molecule has 0 aliphatic heterocycles. The largest absolute Gasteiger partial charge is 0.198 e. The van der Waals surface area contributed by atoms with E-state index >= 15 is 0 Å². The fourth-order valence-corrected chi connectivity index (χ4v) is 0.986. The number of hydrogen-bond acceptors (Lipinski definition) is 3. The highest BCUT2D eigenvalue weighted by molar-refractivity contribution is 5.29. The van der Waals surface area contributed by atoms with E-state index in [0.717, 1.165) is 11.5 Å². The van der Waals surface area contributed by atoms with Crippen molar-refractivity contribution in [1.82, 2.24) is 20.2 Å². The van der Waals surface area contributed by atoms with Crippen molar-refractivity contribution in [3.8, 4) is 5.69 Å². The summed E-state index contributed by atoms with van der Waals surface area (Å²) >= 11 is 0. The van der Waals surface area contributed by atoms with E-state index in [2.05, 4.69) is 21.6 Å². The summed E-state index contributed by atoms with van der Waals surface area (Å²) in [5.41, 5.74) is 0.931. The van der Waals surface area contributed by atoms with Gasteiger partial charge in [0, 0.05) is 0 Å². The maximum Gasteiger partial charge on any atom is 0.153 e. The van der Waals surface area contributed by atoms with Crippen LogP contribution in [0.2, 0.25) is 0 Å². The van der Waals surface area contributed by atoms with Crippen molar-refractivity contribution in [2.75, 3.05) is 0 Å². The second-order valence-electron chi connectivity index (χ2n) is 2.40. The standard InChI is InChI=1S/C8H7N4/c1-7-9-10-11-12(7)8-5-3-2-4-6-8/h2-3,5-6H,1H3. The molecule has 0 atom stereocenters. The lowest BCUT2D eigenvalue weighted by Crippen LogP contribution is -1.98. The zero-order valence-electron chi connectivity index (χ0n) is 6.60. The minimum Gasteiger partial charge on any atom is -0.198 e. The quantitative estimate of drug-likeness (QED) is 0.617. The molecule has 4 nitrogen and oxygen atoms in total. The Kier molecular flexibility index (Phi) is 1.59. The molecule has 0 fully saturated rings. The van der Waals surface area contributed by atoms with Crippen LogP contribution in [0.25, 0.3) is 5.69 Å². The zero-order chi connectivity index (χ0) is 8.39. The Balaban J connectivity index is 2.51. The summed E-state index contributed by atoms with van der Waals surface area (Å²) in [6, 6.07) is 10.5. The summed E-state index contributed by atoms with van der Waals surface area (Å²) in [6.45, 7) is 1.85. The van der Waals surface area contributed by atoms with E-state index in [-0.39, 0.29) is 0 Å². The molecule has 0 aliphatic rings. The summed E-state index contributed by atoms with van der Waals surface area (Å²) in [4.78, 5) is 0. The number of benzene rings is 1. The zero-order valence-corrected chi connectivity index (χ0v) is 6.60. The van der Waals surface area contributed by atoms with Gasteiger partial charge in [-0.15, -0.1) is 5.10 Å². The van der Waals surface area contributed by atoms with E-state index in [1.54, 1.807) is 4.68 Å². The number of aromatic nitrogens is 4. The molecule has 0 saturated carbocycles. The SMILES string of the molecule is Cc1nnnn1-c1c[c]ccc1. The van der Waals surface area contributed by atoms with Crippen LogP contribution in [0.15, 0.2) is 24.3 Å². The second kappa shape index (κ2) is 2.73. The van der Waals surface area contributed by atoms with Crippen molar-refractivity contribution in [2.45, 2.75) is 6.92 Å². The molecule has 0 N–H and O–H groups in total. The Hall–Kier alpha value is -1.71. The molecule has 2 rings (SSSR count). The monoisotopic (exact) mass is 159 g/mol. The number of nitrogens with zero attached hydrogens (tertiary/aromatic N) is 4. The lowest BCUT2D eigenvalue weighted by molar-refractivity contribution is 0.779. The van der Waals surface area contributed by atoms with Crippen LogP contribution in [0.4, 0.5) is 0 Å². The average molecular weight is 159 g/mol. The fraction of sp³-hybridized carbons (Fsp3) is 0.125. The molecule has 4 heteroatoms. The molecule has 1 aromatic heterocycles. The third kappa shape index (κ3) is 1.07. The van der Waals surface area contributed by atoms with Crippen LogP contribution < -0.4 is 0 Å². The molecular weight excluding hydrogens is 152 g/mol. The van der Waals surface area contributed by atoms with Gasteiger partial charge in [-0.05, 0) is 35.5 Å². The van der Waals surface area contributed by atoms with E-state index in [4.69, 9.17) is 0 Å². The summed E-state index contributed by atoms with van der Waals surface area (Å²) in [7, 11) is 0. The molecule has 1 heterocycles. The Bertz CT molecular complexity index is 366. The number of rotatable bonds is 1. The highest BCUT2D eigenvalue weighted by Gasteiger charge is 2.00. The molecule has 0 aliphatic carbocycles. The van der Waals surface area contributed by atoms with E-state index in [0.29, 0.717) is 0 Å². The number of aryl methyl sites for hydroxylation is 1. The van der Waals surface area contributed by atoms with Gasteiger partial charge in [0.25, 0.3) is 0 Å². The minimum absolute atomic E-state index is 0.773. The van der Waals surface area contributed by atoms with Crippen molar-refractivity contribution in [3.63, 3.8) is 0 Å². The Morgan fingerprint density at radius 1 is 1.50 bits per heavy atom. The predicted molar refractivity (Wildman–Crippen MR) is 42.7 cm³/mol. The van der Waals surface area contributed by atoms with Gasteiger partial charge in [-0.25, -0.2) is 0 Å². The maximum atomic E-state index is 3.82. The van der Waals surface area contributed by atoms with Gasteiger partial charge in [-0.1, -0.05) is 12.1 Å². The van der Waals surface area contributed by atoms with Crippen molar-refractivity contribution in [3.05, 3.63) is 36.2 Å². The predicted octanol–water partition coefficient (Wildman–Crippen LogP) is 0.771. The van der Waals surface area contributed by atoms with Crippen LogP contribution in [0.1, 0.15) is 5.82 Å². The van der Waals surface area contributed by atoms with E-state index < -0.39 is 0 Å². The molecule has 0 spiro atoms. The highest BCUT2D eigenvalue weighted by Crippen LogP contribution is 2.04. The molecule has 0 bridgehead atoms. The molecule has 12 heavy (non-hydrogen) atoms. The van der Waals surface area contributed by atoms with E-state index in [1.807, 2.05) is 31.2 Å². The van der Waals surface area contributed by atoms with Crippen LogP contribution in [0.3, 0.4) is 0 Å². The van der Waals surface area contributed by atoms with Gasteiger partial charge < -0.3 is 0 Å². The maximum absolute atomic E-state index is 3.82. The lowest BCUT2D eigenvalue weighted by Gasteiger charge is -1.98. The Morgan fingerprint density at radius 3 is 3.00 bits per heavy atom. The first-order chi connectivity index (χ1) is 5.88. The summed E-state index contributed by atoms with van der Waals surface area (Å²) in [5, 5.41) is 11.1. The molecule has 59 valence electrons. The van der Waals surface area contributed by atoms with Gasteiger partial charge in [0.05, 0.1) is 5.69 Å². The van der Waals surface area contributed by atoms with Crippen LogP contribution in [0, 0.1) is 13.0 Å². The van der Waals surface area contributed by atoms with Crippen LogP contribution in [-0.2, 0) is 0 Å². The number of hydrogen-bond donors (Lipinski definition) is 0. The molecular formula is C8H7N4. The van der Waals surface area contributed by atoms with Crippen molar-refractivity contribution in [1.29, 1.82) is 0 Å². The fourth-order valence-electron chi connectivity index (χ4n) is 0.986. The van der Waals surface area contributed by atoms with Crippen molar-refractivity contribution < 1.29 is 0 Å². The number of tetrazole rings is 1. The third-order valence-electron chi connectivity index (χ3n) is 1.56. The van der Waals surface area contributed by atoms with E-state index in [9.17, 15) is 0 Å². The summed E-state index contributed by atoms with van der Waals surface area (Å²) in [5.74, 6) is 0.773. The molecule has 0 amide bonds. The van der Waals surface area contributed by atoms with Gasteiger partial charge in [0.15, 0.2) is 5.82 Å². The minimum atomic E-state index is 0.773.